The molecule has 1 aliphatic rings. The van der Waals surface area contributed by atoms with E-state index in [2.05, 4.69) is 55.3 Å². The maximum Gasteiger partial charge on any atom is 0.0386 e. The first kappa shape index (κ1) is 13.4. The summed E-state index contributed by atoms with van der Waals surface area (Å²) in [5.74, 6) is 0. The van der Waals surface area contributed by atoms with Gasteiger partial charge in [0.2, 0.25) is 0 Å². The fraction of sp³-hybridized carbons (Fsp3) is 0.625. The van der Waals surface area contributed by atoms with E-state index in [1.54, 1.807) is 0 Å². The zero-order chi connectivity index (χ0) is 13.0. The number of likely N-dealkylation sites (tertiary alicyclic amines) is 1. The molecule has 1 fully saturated rings. The summed E-state index contributed by atoms with van der Waals surface area (Å²) in [6, 6.07) is 8.73. The normalized spacial score (nSPS) is 17.1. The fourth-order valence-electron chi connectivity index (χ4n) is 2.37. The molecule has 1 aromatic carbocycles. The first-order chi connectivity index (χ1) is 8.54. The summed E-state index contributed by atoms with van der Waals surface area (Å²) < 4.78 is 0. The zero-order valence-electron chi connectivity index (χ0n) is 12.0. The van der Waals surface area contributed by atoms with Crippen molar-refractivity contribution in [3.8, 4) is 0 Å². The molecule has 0 aromatic heterocycles. The summed E-state index contributed by atoms with van der Waals surface area (Å²) in [6.45, 7) is 11.4. The van der Waals surface area contributed by atoms with Crippen molar-refractivity contribution < 1.29 is 0 Å². The van der Waals surface area contributed by atoms with E-state index in [1.165, 1.54) is 37.2 Å². The highest BCUT2D eigenvalue weighted by atomic mass is 15.1. The fourth-order valence-corrected chi connectivity index (χ4v) is 2.37. The van der Waals surface area contributed by atoms with Gasteiger partial charge in [-0.1, -0.05) is 39.0 Å². The van der Waals surface area contributed by atoms with Crippen LogP contribution in [0.2, 0.25) is 0 Å². The summed E-state index contributed by atoms with van der Waals surface area (Å²) >= 11 is 0. The van der Waals surface area contributed by atoms with E-state index in [4.69, 9.17) is 0 Å². The van der Waals surface area contributed by atoms with Crippen molar-refractivity contribution in [3.05, 3.63) is 29.8 Å². The first-order valence-corrected chi connectivity index (χ1v) is 7.09. The Hall–Kier alpha value is -1.02. The SMILES string of the molecule is CC(C)(C)CNc1ccccc1CN1CCCC1. The van der Waals surface area contributed by atoms with Crippen LogP contribution in [0.15, 0.2) is 24.3 Å². The van der Waals surface area contributed by atoms with Gasteiger partial charge in [0, 0.05) is 18.8 Å². The molecule has 0 saturated carbocycles. The Morgan fingerprint density at radius 3 is 2.44 bits per heavy atom. The molecule has 0 radical (unpaired) electrons. The van der Waals surface area contributed by atoms with Gasteiger partial charge in [0.1, 0.15) is 0 Å². The number of nitrogens with one attached hydrogen (secondary N) is 1. The van der Waals surface area contributed by atoms with E-state index < -0.39 is 0 Å². The molecule has 2 heteroatoms. The number of para-hydroxylation sites is 1. The van der Waals surface area contributed by atoms with Crippen LogP contribution in [0, 0.1) is 5.41 Å². The highest BCUT2D eigenvalue weighted by Crippen LogP contribution is 2.22. The lowest BCUT2D eigenvalue weighted by Crippen LogP contribution is -2.22. The third-order valence-electron chi connectivity index (χ3n) is 3.42. The Morgan fingerprint density at radius 2 is 1.78 bits per heavy atom. The van der Waals surface area contributed by atoms with Crippen LogP contribution in [-0.2, 0) is 6.54 Å². The minimum Gasteiger partial charge on any atom is -0.384 e. The van der Waals surface area contributed by atoms with Gasteiger partial charge in [-0.3, -0.25) is 4.90 Å². The second-order valence-electron chi connectivity index (χ2n) is 6.55. The Balaban J connectivity index is 2.00. The molecule has 1 N–H and O–H groups in total. The van der Waals surface area contributed by atoms with Crippen molar-refractivity contribution in [1.82, 2.24) is 4.90 Å². The molecular weight excluding hydrogens is 220 g/mol. The van der Waals surface area contributed by atoms with Gasteiger partial charge in [-0.25, -0.2) is 0 Å². The van der Waals surface area contributed by atoms with Crippen molar-refractivity contribution in [2.24, 2.45) is 5.41 Å². The van der Waals surface area contributed by atoms with Crippen LogP contribution >= 0.6 is 0 Å². The van der Waals surface area contributed by atoms with Crippen molar-refractivity contribution in [2.75, 3.05) is 25.0 Å². The molecule has 0 aliphatic carbocycles. The van der Waals surface area contributed by atoms with Crippen LogP contribution in [0.25, 0.3) is 0 Å². The van der Waals surface area contributed by atoms with E-state index in [0.717, 1.165) is 13.1 Å². The monoisotopic (exact) mass is 246 g/mol. The smallest absolute Gasteiger partial charge is 0.0386 e. The first-order valence-electron chi connectivity index (χ1n) is 7.09. The van der Waals surface area contributed by atoms with E-state index in [9.17, 15) is 0 Å². The predicted molar refractivity (Wildman–Crippen MR) is 78.9 cm³/mol. The van der Waals surface area contributed by atoms with Crippen molar-refractivity contribution in [1.29, 1.82) is 0 Å². The Morgan fingerprint density at radius 1 is 1.11 bits per heavy atom. The highest BCUT2D eigenvalue weighted by molar-refractivity contribution is 5.51. The average molecular weight is 246 g/mol. The lowest BCUT2D eigenvalue weighted by molar-refractivity contribution is 0.331. The summed E-state index contributed by atoms with van der Waals surface area (Å²) in [6.07, 6.45) is 2.72. The van der Waals surface area contributed by atoms with Gasteiger partial charge < -0.3 is 5.32 Å². The largest absolute Gasteiger partial charge is 0.384 e. The molecule has 0 amide bonds. The Labute approximate surface area is 111 Å². The van der Waals surface area contributed by atoms with Crippen LogP contribution in [0.3, 0.4) is 0 Å². The van der Waals surface area contributed by atoms with Gasteiger partial charge in [0.05, 0.1) is 0 Å². The molecule has 1 heterocycles. The second kappa shape index (κ2) is 5.75. The highest BCUT2D eigenvalue weighted by Gasteiger charge is 2.14. The molecule has 0 atom stereocenters. The molecule has 18 heavy (non-hydrogen) atoms. The van der Waals surface area contributed by atoms with Gasteiger partial charge in [0.25, 0.3) is 0 Å². The van der Waals surface area contributed by atoms with E-state index >= 15 is 0 Å². The quantitative estimate of drug-likeness (QED) is 0.870. The van der Waals surface area contributed by atoms with Gasteiger partial charge in [0.15, 0.2) is 0 Å². The number of rotatable bonds is 4. The number of benzene rings is 1. The van der Waals surface area contributed by atoms with Gasteiger partial charge in [-0.05, 0) is 43.0 Å². The van der Waals surface area contributed by atoms with Crippen LogP contribution in [0.1, 0.15) is 39.2 Å². The second-order valence-corrected chi connectivity index (χ2v) is 6.55. The number of hydrogen-bond donors (Lipinski definition) is 1. The maximum atomic E-state index is 3.60. The number of anilines is 1. The zero-order valence-corrected chi connectivity index (χ0v) is 12.0. The third-order valence-corrected chi connectivity index (χ3v) is 3.42. The summed E-state index contributed by atoms with van der Waals surface area (Å²) in [5.41, 5.74) is 3.06. The summed E-state index contributed by atoms with van der Waals surface area (Å²) in [5, 5.41) is 3.60. The molecule has 0 bridgehead atoms. The van der Waals surface area contributed by atoms with Gasteiger partial charge in [-0.2, -0.15) is 0 Å². The Kier molecular flexibility index (Phi) is 4.28. The minimum absolute atomic E-state index is 0.320. The van der Waals surface area contributed by atoms with E-state index in [1.807, 2.05) is 0 Å². The maximum absolute atomic E-state index is 3.60. The molecule has 1 aromatic rings. The van der Waals surface area contributed by atoms with Crippen molar-refractivity contribution >= 4 is 5.69 Å². The minimum atomic E-state index is 0.320. The molecule has 2 rings (SSSR count). The molecule has 1 aliphatic heterocycles. The standard InChI is InChI=1S/C16H26N2/c1-16(2,3)13-17-15-9-5-4-8-14(15)12-18-10-6-7-11-18/h4-5,8-9,17H,6-7,10-13H2,1-3H3. The molecule has 2 nitrogen and oxygen atoms in total. The molecule has 0 unspecified atom stereocenters. The Bertz CT molecular complexity index is 373. The van der Waals surface area contributed by atoms with Gasteiger partial charge >= 0.3 is 0 Å². The van der Waals surface area contributed by atoms with Crippen LogP contribution < -0.4 is 5.32 Å². The topological polar surface area (TPSA) is 15.3 Å². The van der Waals surface area contributed by atoms with Crippen LogP contribution in [-0.4, -0.2) is 24.5 Å². The lowest BCUT2D eigenvalue weighted by atomic mass is 9.96. The number of nitrogens with zero attached hydrogens (tertiary/aromatic N) is 1. The number of hydrogen-bond acceptors (Lipinski definition) is 2. The predicted octanol–water partition coefficient (Wildman–Crippen LogP) is 3.74. The van der Waals surface area contributed by atoms with Crippen LogP contribution in [0.4, 0.5) is 5.69 Å². The average Bonchev–Trinajstić information content (AvgIpc) is 2.80. The molecule has 100 valence electrons. The molecule has 0 spiro atoms. The van der Waals surface area contributed by atoms with Gasteiger partial charge in [-0.15, -0.1) is 0 Å². The third kappa shape index (κ3) is 4.02. The van der Waals surface area contributed by atoms with E-state index in [-0.39, 0.29) is 0 Å². The van der Waals surface area contributed by atoms with Crippen molar-refractivity contribution in [3.63, 3.8) is 0 Å². The summed E-state index contributed by atoms with van der Waals surface area (Å²) in [4.78, 5) is 2.55. The van der Waals surface area contributed by atoms with E-state index in [0.29, 0.717) is 5.41 Å². The molecule has 1 saturated heterocycles. The molecular formula is C16H26N2. The van der Waals surface area contributed by atoms with Crippen molar-refractivity contribution in [2.45, 2.75) is 40.2 Å². The lowest BCUT2D eigenvalue weighted by Gasteiger charge is -2.23. The van der Waals surface area contributed by atoms with Crippen LogP contribution in [0.5, 0.6) is 0 Å². The summed E-state index contributed by atoms with van der Waals surface area (Å²) in [7, 11) is 0.